The van der Waals surface area contributed by atoms with E-state index >= 15 is 0 Å². The molecule has 2 aromatic carbocycles. The molecule has 0 fully saturated rings. The highest BCUT2D eigenvalue weighted by atomic mass is 32.2. The van der Waals surface area contributed by atoms with Crippen molar-refractivity contribution in [1.29, 1.82) is 0 Å². The molecule has 266 valence electrons. The van der Waals surface area contributed by atoms with Gasteiger partial charge in [0.25, 0.3) is 0 Å². The second kappa shape index (κ2) is 15.9. The Morgan fingerprint density at radius 3 is 2.02 bits per heavy atom. The molecular weight excluding hydrogens is 679 g/mol. The lowest BCUT2D eigenvalue weighted by Gasteiger charge is -2.19. The van der Waals surface area contributed by atoms with E-state index in [1.54, 1.807) is 23.1 Å². The summed E-state index contributed by atoms with van der Waals surface area (Å²) in [4.78, 5) is 51.2. The summed E-state index contributed by atoms with van der Waals surface area (Å²) < 4.78 is 50.7. The number of carboxylic acids is 1. The van der Waals surface area contributed by atoms with Crippen LogP contribution in [0.15, 0.2) is 30.3 Å². The van der Waals surface area contributed by atoms with Gasteiger partial charge < -0.3 is 29.0 Å². The van der Waals surface area contributed by atoms with Crippen LogP contribution in [0.2, 0.25) is 0 Å². The normalized spacial score (nSPS) is 13.9. The zero-order chi connectivity index (χ0) is 36.0. The number of ether oxygens (including phenoxy) is 4. The second-order valence-corrected chi connectivity index (χ2v) is 14.9. The van der Waals surface area contributed by atoms with E-state index in [9.17, 15) is 27.6 Å². The van der Waals surface area contributed by atoms with Gasteiger partial charge in [0, 0.05) is 63.1 Å². The van der Waals surface area contributed by atoms with Crippen LogP contribution in [-0.4, -0.2) is 87.8 Å². The van der Waals surface area contributed by atoms with Crippen LogP contribution in [0.5, 0.6) is 23.0 Å². The SMILES string of the molecule is COc1cc2c(cc1OCCCOc1cc3cc(C(=O)C[C@H](C)C(=O)O)sc3cc1OC)CN(C(=O)C[C@H](C)C(=O)NS(=O)(=O)N(C)C)C2. The van der Waals surface area contributed by atoms with Gasteiger partial charge in [-0.05, 0) is 40.8 Å². The molecule has 2 N–H and O–H groups in total. The van der Waals surface area contributed by atoms with Crippen molar-refractivity contribution in [1.82, 2.24) is 13.9 Å². The van der Waals surface area contributed by atoms with Gasteiger partial charge in [-0.25, -0.2) is 4.72 Å². The van der Waals surface area contributed by atoms with Crippen LogP contribution < -0.4 is 23.7 Å². The number of amides is 2. The van der Waals surface area contributed by atoms with Crippen LogP contribution >= 0.6 is 11.3 Å². The number of Topliss-reactive ketones (excluding diaryl/α,β-unsaturated/α-hetero) is 1. The Kier molecular flexibility index (Phi) is 12.1. The number of nitrogens with zero attached hydrogens (tertiary/aromatic N) is 2. The number of nitrogens with one attached hydrogen (secondary N) is 1. The minimum Gasteiger partial charge on any atom is -0.493 e. The first kappa shape index (κ1) is 37.4. The molecule has 0 unspecified atom stereocenters. The summed E-state index contributed by atoms with van der Waals surface area (Å²) >= 11 is 1.28. The van der Waals surface area contributed by atoms with Gasteiger partial charge in [0.1, 0.15) is 0 Å². The highest BCUT2D eigenvalue weighted by Gasteiger charge is 2.29. The molecule has 16 heteroatoms. The minimum absolute atomic E-state index is 0.0826. The van der Waals surface area contributed by atoms with Gasteiger partial charge in [-0.3, -0.25) is 19.2 Å². The third-order valence-corrected chi connectivity index (χ3v) is 10.6. The van der Waals surface area contributed by atoms with Crippen molar-refractivity contribution < 1.29 is 51.6 Å². The van der Waals surface area contributed by atoms with E-state index in [1.807, 2.05) is 16.9 Å². The predicted octanol–water partition coefficient (Wildman–Crippen LogP) is 3.85. The maximum absolute atomic E-state index is 13.0. The number of carboxylic acid groups (broad SMARTS) is 1. The summed E-state index contributed by atoms with van der Waals surface area (Å²) in [6.07, 6.45) is 0.273. The second-order valence-electron chi connectivity index (χ2n) is 11.9. The number of aliphatic carboxylic acids is 1. The average Bonchev–Trinajstić information content (AvgIpc) is 3.67. The van der Waals surface area contributed by atoms with Crippen LogP contribution in [-0.2, 0) is 37.7 Å². The molecule has 0 aliphatic carbocycles. The number of fused-ring (bicyclic) bond motifs is 2. The van der Waals surface area contributed by atoms with Gasteiger partial charge in [-0.1, -0.05) is 13.8 Å². The van der Waals surface area contributed by atoms with E-state index in [-0.39, 0.29) is 24.5 Å². The Morgan fingerprint density at radius 2 is 1.45 bits per heavy atom. The number of carbonyl (C=O) groups excluding carboxylic acids is 3. The van der Waals surface area contributed by atoms with Crippen molar-refractivity contribution in [3.8, 4) is 23.0 Å². The molecule has 1 aliphatic rings. The van der Waals surface area contributed by atoms with Crippen LogP contribution in [0.25, 0.3) is 10.1 Å². The largest absolute Gasteiger partial charge is 0.493 e. The maximum Gasteiger partial charge on any atom is 0.306 e. The van der Waals surface area contributed by atoms with Crippen molar-refractivity contribution in [3.63, 3.8) is 0 Å². The van der Waals surface area contributed by atoms with Gasteiger partial charge in [-0.15, -0.1) is 11.3 Å². The number of thiophene rings is 1. The fourth-order valence-corrected chi connectivity index (χ4v) is 6.66. The standard InChI is InChI=1S/C33H41N3O11S2/c1-19(32(39)34-49(42,43)35(3)4)11-31(38)36-17-22-13-25(44-5)28(14-23(22)18-36)47-9-7-8-46-27-12-21-15-30(24(37)10-20(2)33(40)41)48-29(21)16-26(27)45-6/h12-16,19-20H,7-11,17-18H2,1-6H3,(H,34,39)(H,40,41)/t19-,20-/m0/s1. The molecule has 49 heavy (non-hydrogen) atoms. The summed E-state index contributed by atoms with van der Waals surface area (Å²) in [5, 5.41) is 9.92. The Balaban J connectivity index is 1.31. The van der Waals surface area contributed by atoms with Crippen molar-refractivity contribution in [2.24, 2.45) is 11.8 Å². The number of benzene rings is 2. The summed E-state index contributed by atoms with van der Waals surface area (Å²) in [6, 6.07) is 8.95. The molecule has 0 saturated carbocycles. The summed E-state index contributed by atoms with van der Waals surface area (Å²) in [5.74, 6) is -1.91. The molecule has 1 aromatic heterocycles. The highest BCUT2D eigenvalue weighted by molar-refractivity contribution is 7.87. The average molecular weight is 720 g/mol. The summed E-state index contributed by atoms with van der Waals surface area (Å²) in [5.41, 5.74) is 1.75. The van der Waals surface area contributed by atoms with E-state index in [0.717, 1.165) is 25.5 Å². The van der Waals surface area contributed by atoms with Crippen molar-refractivity contribution in [2.45, 2.75) is 46.2 Å². The van der Waals surface area contributed by atoms with Crippen molar-refractivity contribution in [3.05, 3.63) is 46.3 Å². The smallest absolute Gasteiger partial charge is 0.306 e. The lowest BCUT2D eigenvalue weighted by atomic mass is 10.0. The molecule has 4 rings (SSSR count). The molecule has 0 saturated heterocycles. The Labute approximate surface area is 289 Å². The number of ketones is 1. The van der Waals surface area contributed by atoms with Gasteiger partial charge in [0.15, 0.2) is 28.8 Å². The molecule has 0 bridgehead atoms. The molecule has 2 amide bonds. The molecule has 3 aromatic rings. The summed E-state index contributed by atoms with van der Waals surface area (Å²) in [6.45, 7) is 4.22. The molecular formula is C33H41N3O11S2. The van der Waals surface area contributed by atoms with E-state index < -0.39 is 33.9 Å². The third kappa shape index (κ3) is 9.19. The first-order valence-electron chi connectivity index (χ1n) is 15.5. The monoisotopic (exact) mass is 719 g/mol. The number of hydrogen-bond acceptors (Lipinski definition) is 11. The molecule has 2 atom stereocenters. The lowest BCUT2D eigenvalue weighted by molar-refractivity contribution is -0.141. The predicted molar refractivity (Wildman–Crippen MR) is 182 cm³/mol. The van der Waals surface area contributed by atoms with Crippen molar-refractivity contribution >= 4 is 55.2 Å². The first-order valence-corrected chi connectivity index (χ1v) is 17.7. The van der Waals surface area contributed by atoms with Crippen molar-refractivity contribution in [2.75, 3.05) is 41.5 Å². The summed E-state index contributed by atoms with van der Waals surface area (Å²) in [7, 11) is 1.70. The van der Waals surface area contributed by atoms with Gasteiger partial charge in [0.05, 0.1) is 38.2 Å². The first-order chi connectivity index (χ1) is 23.1. The number of methoxy groups -OCH3 is 2. The number of hydrogen-bond donors (Lipinski definition) is 2. The zero-order valence-electron chi connectivity index (χ0n) is 28.2. The molecule has 2 heterocycles. The fourth-order valence-electron chi connectivity index (χ4n) is 5.00. The van der Waals surface area contributed by atoms with E-state index in [2.05, 4.69) is 0 Å². The van der Waals surface area contributed by atoms with E-state index in [0.29, 0.717) is 60.6 Å². The Morgan fingerprint density at radius 1 is 0.878 bits per heavy atom. The van der Waals surface area contributed by atoms with Crippen LogP contribution in [0.3, 0.4) is 0 Å². The highest BCUT2D eigenvalue weighted by Crippen LogP contribution is 2.38. The van der Waals surface area contributed by atoms with E-state index in [1.165, 1.54) is 53.5 Å². The third-order valence-electron chi connectivity index (χ3n) is 7.99. The topological polar surface area (TPSA) is 178 Å². The zero-order valence-corrected chi connectivity index (χ0v) is 29.9. The minimum atomic E-state index is -3.95. The molecule has 14 nitrogen and oxygen atoms in total. The number of rotatable bonds is 17. The molecule has 0 spiro atoms. The van der Waals surface area contributed by atoms with E-state index in [4.69, 9.17) is 24.1 Å². The lowest BCUT2D eigenvalue weighted by Crippen LogP contribution is -2.42. The van der Waals surface area contributed by atoms with Gasteiger partial charge in [0.2, 0.25) is 11.8 Å². The van der Waals surface area contributed by atoms with Gasteiger partial charge >= 0.3 is 16.2 Å². The van der Waals surface area contributed by atoms with Crippen LogP contribution in [0, 0.1) is 11.8 Å². The molecule has 1 aliphatic heterocycles. The molecule has 0 radical (unpaired) electrons. The van der Waals surface area contributed by atoms with Gasteiger partial charge in [-0.2, -0.15) is 12.7 Å². The Hall–Kier alpha value is -4.41. The fraction of sp³-hybridized carbons (Fsp3) is 0.455. The van der Waals surface area contributed by atoms with Crippen LogP contribution in [0.1, 0.15) is 53.9 Å². The Bertz CT molecular complexity index is 1840. The quantitative estimate of drug-likeness (QED) is 0.153. The number of carbonyl (C=O) groups is 4. The van der Waals surface area contributed by atoms with Crippen LogP contribution in [0.4, 0.5) is 0 Å². The maximum atomic E-state index is 13.0.